The summed E-state index contributed by atoms with van der Waals surface area (Å²) in [5, 5.41) is 4.12. The van der Waals surface area contributed by atoms with Gasteiger partial charge in [0.1, 0.15) is 6.54 Å². The minimum absolute atomic E-state index is 0.113. The van der Waals surface area contributed by atoms with Gasteiger partial charge < -0.3 is 4.57 Å². The predicted molar refractivity (Wildman–Crippen MR) is 148 cm³/mol. The Kier molecular flexibility index (Phi) is 7.59. The number of nitrogens with zero attached hydrogens (tertiary/aromatic N) is 3. The first kappa shape index (κ1) is 25.9. The van der Waals surface area contributed by atoms with Crippen LogP contribution in [0.2, 0.25) is 0 Å². The Labute approximate surface area is 218 Å². The monoisotopic (exact) mass is 514 g/mol. The largest absolute Gasteiger partial charge is 0.318 e. The molecule has 0 radical (unpaired) electrons. The molecule has 0 aliphatic rings. The fraction of sp³-hybridized carbons (Fsp3) is 0.172. The molecule has 1 aromatic heterocycles. The quantitative estimate of drug-likeness (QED) is 0.264. The molecule has 0 unspecified atom stereocenters. The highest BCUT2D eigenvalue weighted by Gasteiger charge is 2.27. The van der Waals surface area contributed by atoms with Crippen LogP contribution in [0.15, 0.2) is 94.9 Å². The molecule has 0 saturated heterocycles. The van der Waals surface area contributed by atoms with Crippen molar-refractivity contribution < 1.29 is 13.2 Å². The molecule has 0 aliphatic heterocycles. The molecule has 1 N–H and O–H groups in total. The Morgan fingerprint density at radius 2 is 1.59 bits per heavy atom. The summed E-state index contributed by atoms with van der Waals surface area (Å²) in [5.41, 5.74) is 8.91. The molecular formula is C29H30N4O3S. The van der Waals surface area contributed by atoms with Gasteiger partial charge in [0.25, 0.3) is 15.9 Å². The topological polar surface area (TPSA) is 83.8 Å². The van der Waals surface area contributed by atoms with E-state index in [1.54, 1.807) is 60.8 Å². The summed E-state index contributed by atoms with van der Waals surface area (Å²) in [6.45, 7) is 7.52. The van der Waals surface area contributed by atoms with Crippen LogP contribution in [0.5, 0.6) is 0 Å². The number of aromatic nitrogens is 1. The van der Waals surface area contributed by atoms with Crippen LogP contribution >= 0.6 is 0 Å². The first-order valence-corrected chi connectivity index (χ1v) is 13.3. The van der Waals surface area contributed by atoms with Gasteiger partial charge in [-0.3, -0.25) is 9.10 Å². The van der Waals surface area contributed by atoms with Gasteiger partial charge >= 0.3 is 0 Å². The lowest BCUT2D eigenvalue weighted by atomic mass is 10.2. The summed E-state index contributed by atoms with van der Waals surface area (Å²) in [6.07, 6.45) is 1.58. The van der Waals surface area contributed by atoms with Crippen LogP contribution in [0.25, 0.3) is 5.69 Å². The van der Waals surface area contributed by atoms with Gasteiger partial charge in [-0.05, 0) is 75.7 Å². The lowest BCUT2D eigenvalue weighted by Crippen LogP contribution is -2.39. The normalized spacial score (nSPS) is 11.6. The number of carbonyl (C=O) groups excluding carboxylic acids is 1. The van der Waals surface area contributed by atoms with Crippen molar-refractivity contribution in [2.24, 2.45) is 5.10 Å². The van der Waals surface area contributed by atoms with E-state index in [1.165, 1.54) is 0 Å². The van der Waals surface area contributed by atoms with Crippen LogP contribution in [-0.4, -0.2) is 31.7 Å². The van der Waals surface area contributed by atoms with Crippen molar-refractivity contribution in [3.8, 4) is 5.69 Å². The van der Waals surface area contributed by atoms with Crippen molar-refractivity contribution in [1.82, 2.24) is 9.99 Å². The zero-order chi connectivity index (χ0) is 26.6. The summed E-state index contributed by atoms with van der Waals surface area (Å²) >= 11 is 0. The molecule has 8 heteroatoms. The fourth-order valence-electron chi connectivity index (χ4n) is 4.17. The van der Waals surface area contributed by atoms with E-state index in [2.05, 4.69) is 21.2 Å². The standard InChI is InChI=1S/C29H30N4O3S/c1-21-13-15-28(16-14-21)37(35,36)32(26-10-6-5-7-11-26)20-29(34)31-30-19-25-18-23(3)33(24(25)4)27-12-8-9-22(2)17-27/h5-19H,20H2,1-4H3,(H,31,34)/b30-19+. The highest BCUT2D eigenvalue weighted by molar-refractivity contribution is 7.92. The predicted octanol–water partition coefficient (Wildman–Crippen LogP) is 5.06. The van der Waals surface area contributed by atoms with Gasteiger partial charge in [-0.2, -0.15) is 5.10 Å². The number of sulfonamides is 1. The van der Waals surface area contributed by atoms with E-state index in [4.69, 9.17) is 0 Å². The van der Waals surface area contributed by atoms with Crippen molar-refractivity contribution in [2.45, 2.75) is 32.6 Å². The Morgan fingerprint density at radius 3 is 2.27 bits per heavy atom. The summed E-state index contributed by atoms with van der Waals surface area (Å²) in [6, 6.07) is 25.3. The lowest BCUT2D eigenvalue weighted by Gasteiger charge is -2.23. The van der Waals surface area contributed by atoms with E-state index in [1.807, 2.05) is 52.0 Å². The Morgan fingerprint density at radius 1 is 0.892 bits per heavy atom. The molecule has 0 bridgehead atoms. The van der Waals surface area contributed by atoms with Crippen molar-refractivity contribution in [2.75, 3.05) is 10.8 Å². The molecule has 37 heavy (non-hydrogen) atoms. The second-order valence-corrected chi connectivity index (χ2v) is 10.8. The summed E-state index contributed by atoms with van der Waals surface area (Å²) in [7, 11) is -3.97. The number of aryl methyl sites for hydroxylation is 3. The number of amides is 1. The van der Waals surface area contributed by atoms with E-state index < -0.39 is 22.5 Å². The van der Waals surface area contributed by atoms with Crippen LogP contribution in [0.1, 0.15) is 28.1 Å². The molecule has 3 aromatic carbocycles. The van der Waals surface area contributed by atoms with E-state index in [9.17, 15) is 13.2 Å². The maximum atomic E-state index is 13.4. The van der Waals surface area contributed by atoms with E-state index in [0.29, 0.717) is 5.69 Å². The average molecular weight is 515 g/mol. The van der Waals surface area contributed by atoms with Crippen LogP contribution in [0, 0.1) is 27.7 Å². The molecule has 0 fully saturated rings. The number of benzene rings is 3. The minimum Gasteiger partial charge on any atom is -0.318 e. The van der Waals surface area contributed by atoms with E-state index in [-0.39, 0.29) is 4.90 Å². The van der Waals surface area contributed by atoms with Crippen molar-refractivity contribution >= 4 is 27.8 Å². The third-order valence-electron chi connectivity index (χ3n) is 6.06. The molecular weight excluding hydrogens is 484 g/mol. The Bertz CT molecular complexity index is 1540. The highest BCUT2D eigenvalue weighted by atomic mass is 32.2. The molecule has 190 valence electrons. The maximum absolute atomic E-state index is 13.4. The SMILES string of the molecule is Cc1ccc(S(=O)(=O)N(CC(=O)N/N=C/c2cc(C)n(-c3cccc(C)c3)c2C)c2ccccc2)cc1. The van der Waals surface area contributed by atoms with Crippen molar-refractivity contribution in [1.29, 1.82) is 0 Å². The van der Waals surface area contributed by atoms with Gasteiger partial charge in [-0.1, -0.05) is 48.0 Å². The number of nitrogens with one attached hydrogen (secondary N) is 1. The zero-order valence-corrected chi connectivity index (χ0v) is 22.2. The molecule has 0 aliphatic carbocycles. The van der Waals surface area contributed by atoms with Gasteiger partial charge in [-0.15, -0.1) is 0 Å². The fourth-order valence-corrected chi connectivity index (χ4v) is 5.59. The van der Waals surface area contributed by atoms with Crippen LogP contribution in [-0.2, 0) is 14.8 Å². The number of anilines is 1. The van der Waals surface area contributed by atoms with Gasteiger partial charge in [0, 0.05) is 22.6 Å². The summed E-state index contributed by atoms with van der Waals surface area (Å²) in [4.78, 5) is 12.9. The van der Waals surface area contributed by atoms with Gasteiger partial charge in [0.15, 0.2) is 0 Å². The summed E-state index contributed by atoms with van der Waals surface area (Å²) in [5.74, 6) is -0.553. The third-order valence-corrected chi connectivity index (χ3v) is 7.85. The highest BCUT2D eigenvalue weighted by Crippen LogP contribution is 2.24. The van der Waals surface area contributed by atoms with Gasteiger partial charge in [0.05, 0.1) is 16.8 Å². The van der Waals surface area contributed by atoms with E-state index >= 15 is 0 Å². The molecule has 4 rings (SSSR count). The third kappa shape index (κ3) is 5.81. The van der Waals surface area contributed by atoms with Gasteiger partial charge in [0.2, 0.25) is 0 Å². The maximum Gasteiger partial charge on any atom is 0.264 e. The second-order valence-electron chi connectivity index (χ2n) is 8.95. The number of hydrogen-bond donors (Lipinski definition) is 1. The molecule has 1 heterocycles. The molecule has 7 nitrogen and oxygen atoms in total. The van der Waals surface area contributed by atoms with Gasteiger partial charge in [-0.25, -0.2) is 13.8 Å². The van der Waals surface area contributed by atoms with Crippen LogP contribution < -0.4 is 9.73 Å². The smallest absolute Gasteiger partial charge is 0.264 e. The van der Waals surface area contributed by atoms with Crippen LogP contribution in [0.4, 0.5) is 5.69 Å². The van der Waals surface area contributed by atoms with Crippen LogP contribution in [0.3, 0.4) is 0 Å². The van der Waals surface area contributed by atoms with E-state index in [0.717, 1.165) is 38.1 Å². The summed E-state index contributed by atoms with van der Waals surface area (Å²) < 4.78 is 30.1. The Balaban J connectivity index is 1.53. The number of hydrazone groups is 1. The number of hydrogen-bond acceptors (Lipinski definition) is 4. The first-order valence-electron chi connectivity index (χ1n) is 11.9. The second kappa shape index (κ2) is 10.8. The molecule has 0 atom stereocenters. The minimum atomic E-state index is -3.97. The lowest BCUT2D eigenvalue weighted by molar-refractivity contribution is -0.119. The molecule has 4 aromatic rings. The number of carbonyl (C=O) groups is 1. The molecule has 1 amide bonds. The number of para-hydroxylation sites is 1. The Hall–Kier alpha value is -4.17. The molecule has 0 saturated carbocycles. The molecule has 0 spiro atoms. The zero-order valence-electron chi connectivity index (χ0n) is 21.3. The van der Waals surface area contributed by atoms with Crippen molar-refractivity contribution in [3.63, 3.8) is 0 Å². The van der Waals surface area contributed by atoms with Crippen molar-refractivity contribution in [3.05, 3.63) is 113 Å². The first-order chi connectivity index (χ1) is 17.7. The average Bonchev–Trinajstić information content (AvgIpc) is 3.16. The number of rotatable bonds is 8.